The van der Waals surface area contributed by atoms with Gasteiger partial charge in [0, 0.05) is 18.5 Å². The minimum Gasteiger partial charge on any atom is -0.340 e. The van der Waals surface area contributed by atoms with E-state index in [9.17, 15) is 4.79 Å². The molecule has 2 heterocycles. The van der Waals surface area contributed by atoms with Crippen molar-refractivity contribution in [3.63, 3.8) is 0 Å². The summed E-state index contributed by atoms with van der Waals surface area (Å²) >= 11 is 1.74. The number of nitrogens with one attached hydrogen (secondary N) is 1. The summed E-state index contributed by atoms with van der Waals surface area (Å²) in [5.41, 5.74) is 1.08. The summed E-state index contributed by atoms with van der Waals surface area (Å²) in [7, 11) is 1.93. The summed E-state index contributed by atoms with van der Waals surface area (Å²) in [5.74, 6) is 0.669. The second-order valence-electron chi connectivity index (χ2n) is 5.93. The summed E-state index contributed by atoms with van der Waals surface area (Å²) in [6.07, 6.45) is 0.956. The van der Waals surface area contributed by atoms with Gasteiger partial charge in [-0.2, -0.15) is 0 Å². The topological polar surface area (TPSA) is 32.3 Å². The summed E-state index contributed by atoms with van der Waals surface area (Å²) in [4.78, 5) is 16.0. The smallest absolute Gasteiger partial charge is 0.230 e. The monoisotopic (exact) mass is 280 g/mol. The molecule has 1 unspecified atom stereocenters. The number of nitrogens with zero attached hydrogens (tertiary/aromatic N) is 1. The van der Waals surface area contributed by atoms with Crippen molar-refractivity contribution >= 4 is 17.2 Å². The zero-order chi connectivity index (χ0) is 14.0. The van der Waals surface area contributed by atoms with Crippen molar-refractivity contribution in [3.05, 3.63) is 21.9 Å². The van der Waals surface area contributed by atoms with E-state index < -0.39 is 0 Å². The summed E-state index contributed by atoms with van der Waals surface area (Å²) in [5, 5.41) is 5.45. The zero-order valence-corrected chi connectivity index (χ0v) is 13.1. The number of hydrogen-bond donors (Lipinski definition) is 1. The van der Waals surface area contributed by atoms with Crippen molar-refractivity contribution in [1.82, 2.24) is 10.2 Å². The fourth-order valence-corrected chi connectivity index (χ4v) is 3.83. The normalized spacial score (nSPS) is 23.0. The maximum absolute atomic E-state index is 12.8. The molecule has 3 nitrogen and oxygen atoms in total. The maximum atomic E-state index is 12.8. The Morgan fingerprint density at radius 2 is 2.32 bits per heavy atom. The van der Waals surface area contributed by atoms with Crippen LogP contribution in [-0.4, -0.2) is 30.9 Å². The molecule has 0 saturated carbocycles. The van der Waals surface area contributed by atoms with Crippen LogP contribution in [0.15, 0.2) is 11.4 Å². The minimum absolute atomic E-state index is 0.208. The van der Waals surface area contributed by atoms with Gasteiger partial charge in [-0.05, 0) is 42.8 Å². The molecule has 1 aromatic rings. The van der Waals surface area contributed by atoms with Gasteiger partial charge in [0.1, 0.15) is 0 Å². The maximum Gasteiger partial charge on any atom is 0.230 e. The Labute approximate surface area is 120 Å². The van der Waals surface area contributed by atoms with E-state index in [0.29, 0.717) is 11.8 Å². The van der Waals surface area contributed by atoms with Gasteiger partial charge in [-0.3, -0.25) is 4.79 Å². The Morgan fingerprint density at radius 1 is 1.58 bits per heavy atom. The molecule has 1 N–H and O–H groups in total. The fraction of sp³-hybridized carbons (Fsp3) is 0.667. The number of carbonyl (C=O) groups is 1. The molecule has 1 aliphatic heterocycles. The van der Waals surface area contributed by atoms with Crippen molar-refractivity contribution in [1.29, 1.82) is 0 Å². The van der Waals surface area contributed by atoms with Gasteiger partial charge in [-0.25, -0.2) is 0 Å². The molecule has 2 rings (SSSR count). The third-order valence-electron chi connectivity index (χ3n) is 4.42. The van der Waals surface area contributed by atoms with Crippen LogP contribution in [0.1, 0.15) is 30.7 Å². The Hall–Kier alpha value is -0.870. The van der Waals surface area contributed by atoms with Crippen molar-refractivity contribution in [2.24, 2.45) is 11.3 Å². The highest BCUT2D eigenvalue weighted by atomic mass is 32.1. The van der Waals surface area contributed by atoms with Gasteiger partial charge >= 0.3 is 0 Å². The molecule has 1 amide bonds. The van der Waals surface area contributed by atoms with Crippen LogP contribution < -0.4 is 5.32 Å². The van der Waals surface area contributed by atoms with Crippen molar-refractivity contribution in [3.8, 4) is 0 Å². The van der Waals surface area contributed by atoms with E-state index in [-0.39, 0.29) is 5.41 Å². The second kappa shape index (κ2) is 5.63. The molecule has 0 aliphatic carbocycles. The third-order valence-corrected chi connectivity index (χ3v) is 5.42. The SMILES string of the molecule is Cc1ccsc1CN(C)C(=O)C1(C(C)C)CCNC1. The first-order valence-corrected chi connectivity index (χ1v) is 7.84. The first kappa shape index (κ1) is 14.5. The molecule has 0 radical (unpaired) electrons. The predicted molar refractivity (Wildman–Crippen MR) is 80.3 cm³/mol. The van der Waals surface area contributed by atoms with Gasteiger partial charge in [-0.15, -0.1) is 11.3 Å². The lowest BCUT2D eigenvalue weighted by molar-refractivity contribution is -0.142. The number of amides is 1. The molecular weight excluding hydrogens is 256 g/mol. The second-order valence-corrected chi connectivity index (χ2v) is 6.93. The van der Waals surface area contributed by atoms with E-state index in [1.165, 1.54) is 10.4 Å². The zero-order valence-electron chi connectivity index (χ0n) is 12.3. The molecule has 1 aliphatic rings. The van der Waals surface area contributed by atoms with Gasteiger partial charge in [0.15, 0.2) is 0 Å². The van der Waals surface area contributed by atoms with Gasteiger partial charge in [-0.1, -0.05) is 13.8 Å². The number of thiophene rings is 1. The van der Waals surface area contributed by atoms with Crippen LogP contribution in [0.3, 0.4) is 0 Å². The van der Waals surface area contributed by atoms with Gasteiger partial charge in [0.05, 0.1) is 12.0 Å². The fourth-order valence-electron chi connectivity index (χ4n) is 2.87. The molecule has 0 aromatic carbocycles. The molecule has 1 atom stereocenters. The molecule has 0 spiro atoms. The van der Waals surface area contributed by atoms with E-state index in [4.69, 9.17) is 0 Å². The number of hydrogen-bond acceptors (Lipinski definition) is 3. The van der Waals surface area contributed by atoms with E-state index in [1.807, 2.05) is 11.9 Å². The molecule has 1 saturated heterocycles. The number of aryl methyl sites for hydroxylation is 1. The summed E-state index contributed by atoms with van der Waals surface area (Å²) in [6.45, 7) is 8.94. The highest BCUT2D eigenvalue weighted by molar-refractivity contribution is 7.10. The van der Waals surface area contributed by atoms with Crippen molar-refractivity contribution in [2.75, 3.05) is 20.1 Å². The van der Waals surface area contributed by atoms with Crippen LogP contribution in [0, 0.1) is 18.3 Å². The lowest BCUT2D eigenvalue weighted by Gasteiger charge is -2.35. The molecule has 0 bridgehead atoms. The van der Waals surface area contributed by atoms with Crippen molar-refractivity contribution in [2.45, 2.75) is 33.7 Å². The highest BCUT2D eigenvalue weighted by Gasteiger charge is 2.45. The van der Waals surface area contributed by atoms with Gasteiger partial charge in [0.2, 0.25) is 5.91 Å². The number of rotatable bonds is 4. The van der Waals surface area contributed by atoms with E-state index in [2.05, 4.69) is 37.5 Å². The Balaban J connectivity index is 2.12. The van der Waals surface area contributed by atoms with Crippen LogP contribution in [0.5, 0.6) is 0 Å². The van der Waals surface area contributed by atoms with Crippen LogP contribution in [0.4, 0.5) is 0 Å². The van der Waals surface area contributed by atoms with Gasteiger partial charge < -0.3 is 10.2 Å². The lowest BCUT2D eigenvalue weighted by Crippen LogP contribution is -2.46. The van der Waals surface area contributed by atoms with Crippen LogP contribution in [-0.2, 0) is 11.3 Å². The molecular formula is C15H24N2OS. The minimum atomic E-state index is -0.208. The average molecular weight is 280 g/mol. The molecule has 1 fully saturated rings. The van der Waals surface area contributed by atoms with E-state index >= 15 is 0 Å². The van der Waals surface area contributed by atoms with Crippen LogP contribution >= 0.6 is 11.3 Å². The standard InChI is InChI=1S/C15H24N2OS/c1-11(2)15(6-7-16-10-15)14(18)17(4)9-13-12(3)5-8-19-13/h5,8,11,16H,6-7,9-10H2,1-4H3. The van der Waals surface area contributed by atoms with E-state index in [1.54, 1.807) is 11.3 Å². The average Bonchev–Trinajstić information content (AvgIpc) is 2.99. The van der Waals surface area contributed by atoms with Gasteiger partial charge in [0.25, 0.3) is 0 Å². The molecule has 1 aromatic heterocycles. The predicted octanol–water partition coefficient (Wildman–Crippen LogP) is 2.65. The Kier molecular flexibility index (Phi) is 4.31. The molecule has 4 heteroatoms. The summed E-state index contributed by atoms with van der Waals surface area (Å²) < 4.78 is 0. The van der Waals surface area contributed by atoms with Crippen LogP contribution in [0.2, 0.25) is 0 Å². The lowest BCUT2D eigenvalue weighted by atomic mass is 9.75. The highest BCUT2D eigenvalue weighted by Crippen LogP contribution is 2.36. The molecule has 106 valence electrons. The van der Waals surface area contributed by atoms with Crippen LogP contribution in [0.25, 0.3) is 0 Å². The van der Waals surface area contributed by atoms with E-state index in [0.717, 1.165) is 26.1 Å². The quantitative estimate of drug-likeness (QED) is 0.919. The van der Waals surface area contributed by atoms with Crippen molar-refractivity contribution < 1.29 is 4.79 Å². The number of carbonyl (C=O) groups excluding carboxylic acids is 1. The summed E-state index contributed by atoms with van der Waals surface area (Å²) in [6, 6.07) is 2.12. The first-order valence-electron chi connectivity index (χ1n) is 6.96. The third kappa shape index (κ3) is 2.70. The molecule has 19 heavy (non-hydrogen) atoms. The largest absolute Gasteiger partial charge is 0.340 e. The first-order chi connectivity index (χ1) is 8.97. The Morgan fingerprint density at radius 3 is 2.79 bits per heavy atom. The Bertz CT molecular complexity index is 447.